The second kappa shape index (κ2) is 13.6. The number of carbonyl (C=O) groups excluding carboxylic acids is 1. The number of carbonyl (C=O) groups is 1. The van der Waals surface area contributed by atoms with Gasteiger partial charge in [-0.2, -0.15) is 5.10 Å². The summed E-state index contributed by atoms with van der Waals surface area (Å²) in [5, 5.41) is 5.84. The van der Waals surface area contributed by atoms with E-state index in [1.165, 1.54) is 6.33 Å². The molecular weight excluding hydrogens is 625 g/mol. The van der Waals surface area contributed by atoms with Crippen LogP contribution >= 0.6 is 34.8 Å². The average molecular weight is 655 g/mol. The van der Waals surface area contributed by atoms with E-state index in [0.717, 1.165) is 30.1 Å². The number of piperazine rings is 1. The van der Waals surface area contributed by atoms with Crippen LogP contribution < -0.4 is 9.64 Å². The molecule has 0 spiro atoms. The first-order valence-electron chi connectivity index (χ1n) is 14.2. The van der Waals surface area contributed by atoms with Crippen LogP contribution in [-0.2, 0) is 26.6 Å². The number of benzene rings is 3. The maximum absolute atomic E-state index is 12.7. The second-order valence-corrected chi connectivity index (χ2v) is 11.8. The fourth-order valence-corrected chi connectivity index (χ4v) is 5.93. The maximum atomic E-state index is 12.7. The van der Waals surface area contributed by atoms with Crippen LogP contribution in [0.5, 0.6) is 5.75 Å². The van der Waals surface area contributed by atoms with Gasteiger partial charge in [0.15, 0.2) is 0 Å². The molecular formula is C32H30Cl3N5O4. The predicted molar refractivity (Wildman–Crippen MR) is 170 cm³/mol. The molecule has 2 fully saturated rings. The zero-order chi connectivity index (χ0) is 30.5. The summed E-state index contributed by atoms with van der Waals surface area (Å²) in [6, 6.07) is 20.6. The number of nitrogens with zero attached hydrogens (tertiary/aromatic N) is 5. The van der Waals surface area contributed by atoms with Crippen LogP contribution in [0.2, 0.25) is 15.1 Å². The number of ether oxygens (including phenoxy) is 3. The Kier molecular flexibility index (Phi) is 9.39. The van der Waals surface area contributed by atoms with Gasteiger partial charge in [0.05, 0.1) is 11.6 Å². The summed E-state index contributed by atoms with van der Waals surface area (Å²) in [5.74, 6) is -0.440. The largest absolute Gasteiger partial charge is 0.491 e. The van der Waals surface area contributed by atoms with Crippen molar-refractivity contribution in [1.29, 1.82) is 0 Å². The van der Waals surface area contributed by atoms with Gasteiger partial charge in [0.25, 0.3) is 0 Å². The molecule has 4 aromatic rings. The summed E-state index contributed by atoms with van der Waals surface area (Å²) in [6.07, 6.45) is 6.14. The third-order valence-electron chi connectivity index (χ3n) is 7.56. The van der Waals surface area contributed by atoms with E-state index in [0.29, 0.717) is 40.3 Å². The zero-order valence-electron chi connectivity index (χ0n) is 23.7. The highest BCUT2D eigenvalue weighted by molar-refractivity contribution is 6.35. The number of amides is 1. The minimum absolute atomic E-state index is 0.00472. The fourth-order valence-electron chi connectivity index (χ4n) is 5.26. The topological polar surface area (TPSA) is 82.0 Å². The molecule has 0 aliphatic carbocycles. The van der Waals surface area contributed by atoms with Crippen molar-refractivity contribution in [2.45, 2.75) is 18.4 Å². The number of aromatic nitrogens is 3. The second-order valence-electron chi connectivity index (χ2n) is 10.5. The molecule has 9 nitrogen and oxygen atoms in total. The quantitative estimate of drug-likeness (QED) is 0.207. The van der Waals surface area contributed by atoms with Gasteiger partial charge in [0.1, 0.15) is 37.7 Å². The molecule has 1 amide bonds. The number of anilines is 1. The van der Waals surface area contributed by atoms with Crippen molar-refractivity contribution in [3.05, 3.63) is 112 Å². The third-order valence-corrected chi connectivity index (χ3v) is 8.35. The number of hydrogen-bond acceptors (Lipinski definition) is 7. The van der Waals surface area contributed by atoms with Gasteiger partial charge in [-0.05, 0) is 60.2 Å². The van der Waals surface area contributed by atoms with Crippen molar-refractivity contribution in [3.8, 4) is 5.75 Å². The Bertz CT molecular complexity index is 1590. The first-order chi connectivity index (χ1) is 21.4. The molecule has 1 aromatic heterocycles. The highest BCUT2D eigenvalue weighted by atomic mass is 35.5. The minimum atomic E-state index is -1.16. The van der Waals surface area contributed by atoms with E-state index in [1.807, 2.05) is 59.5 Å². The molecule has 2 unspecified atom stereocenters. The van der Waals surface area contributed by atoms with Crippen LogP contribution in [-0.4, -0.2) is 71.1 Å². The number of hydrogen-bond donors (Lipinski definition) is 0. The standard InChI is InChI=1S/C32H30Cl3N5O4/c33-24-4-1-23(2-5-24)3-12-31(41)39-15-13-38(14-16-39)26-7-9-27(10-8-26)42-18-28-19-43-32(44-28,20-40-22-36-21-37-40)29-11-6-25(34)17-30(29)35/h1-12,17,21-22,28H,13-16,18-20H2/b12-3+. The van der Waals surface area contributed by atoms with Crippen molar-refractivity contribution >= 4 is 52.5 Å². The number of halogens is 3. The van der Waals surface area contributed by atoms with Gasteiger partial charge >= 0.3 is 0 Å². The Morgan fingerprint density at radius 1 is 0.977 bits per heavy atom. The molecule has 0 bridgehead atoms. The fraction of sp³-hybridized carbons (Fsp3) is 0.281. The van der Waals surface area contributed by atoms with Crippen molar-refractivity contribution in [2.24, 2.45) is 0 Å². The molecule has 0 N–H and O–H groups in total. The summed E-state index contributed by atoms with van der Waals surface area (Å²) < 4.78 is 20.4. The van der Waals surface area contributed by atoms with E-state index in [2.05, 4.69) is 15.0 Å². The average Bonchev–Trinajstić information content (AvgIpc) is 3.70. The Labute approximate surface area is 270 Å². The van der Waals surface area contributed by atoms with Gasteiger partial charge in [0, 0.05) is 53.6 Å². The minimum Gasteiger partial charge on any atom is -0.491 e. The molecule has 44 heavy (non-hydrogen) atoms. The summed E-state index contributed by atoms with van der Waals surface area (Å²) in [5.41, 5.74) is 2.67. The van der Waals surface area contributed by atoms with E-state index in [1.54, 1.807) is 35.3 Å². The molecule has 2 atom stereocenters. The lowest BCUT2D eigenvalue weighted by Gasteiger charge is -2.35. The van der Waals surface area contributed by atoms with Crippen molar-refractivity contribution in [3.63, 3.8) is 0 Å². The van der Waals surface area contributed by atoms with Crippen molar-refractivity contribution in [2.75, 3.05) is 44.3 Å². The highest BCUT2D eigenvalue weighted by Gasteiger charge is 2.45. The Hall–Kier alpha value is -3.60. The molecule has 3 aromatic carbocycles. The molecule has 12 heteroatoms. The normalized spacial score (nSPS) is 20.4. The van der Waals surface area contributed by atoms with E-state index < -0.39 is 5.79 Å². The summed E-state index contributed by atoms with van der Waals surface area (Å²) >= 11 is 18.6. The van der Waals surface area contributed by atoms with Crippen LogP contribution in [0.4, 0.5) is 5.69 Å². The molecule has 0 radical (unpaired) electrons. The highest BCUT2D eigenvalue weighted by Crippen LogP contribution is 2.40. The van der Waals surface area contributed by atoms with Crippen molar-refractivity contribution < 1.29 is 19.0 Å². The molecule has 3 heterocycles. The molecule has 2 aliphatic heterocycles. The van der Waals surface area contributed by atoms with Crippen LogP contribution in [0, 0.1) is 0 Å². The maximum Gasteiger partial charge on any atom is 0.246 e. The van der Waals surface area contributed by atoms with E-state index >= 15 is 0 Å². The lowest BCUT2D eigenvalue weighted by atomic mass is 10.1. The Balaban J connectivity index is 1.01. The lowest BCUT2D eigenvalue weighted by Crippen LogP contribution is -2.48. The van der Waals surface area contributed by atoms with Gasteiger partial charge in [-0.3, -0.25) is 4.79 Å². The monoisotopic (exact) mass is 653 g/mol. The molecule has 2 aliphatic rings. The van der Waals surface area contributed by atoms with Gasteiger partial charge in [-0.25, -0.2) is 9.67 Å². The van der Waals surface area contributed by atoms with Crippen LogP contribution in [0.15, 0.2) is 85.5 Å². The van der Waals surface area contributed by atoms with Crippen LogP contribution in [0.3, 0.4) is 0 Å². The van der Waals surface area contributed by atoms with Crippen molar-refractivity contribution in [1.82, 2.24) is 19.7 Å². The Morgan fingerprint density at radius 3 is 2.43 bits per heavy atom. The third kappa shape index (κ3) is 7.20. The first-order valence-corrected chi connectivity index (χ1v) is 15.3. The number of rotatable bonds is 9. The Morgan fingerprint density at radius 2 is 1.73 bits per heavy atom. The van der Waals surface area contributed by atoms with Gasteiger partial charge in [0.2, 0.25) is 11.7 Å². The molecule has 2 saturated heterocycles. The van der Waals surface area contributed by atoms with Gasteiger partial charge in [-0.1, -0.05) is 53.0 Å². The first kappa shape index (κ1) is 30.4. The molecule has 228 valence electrons. The summed E-state index contributed by atoms with van der Waals surface area (Å²) in [7, 11) is 0. The zero-order valence-corrected chi connectivity index (χ0v) is 26.0. The van der Waals surface area contributed by atoms with Crippen LogP contribution in [0.25, 0.3) is 6.08 Å². The van der Waals surface area contributed by atoms with E-state index in [4.69, 9.17) is 49.0 Å². The van der Waals surface area contributed by atoms with E-state index in [9.17, 15) is 4.79 Å². The van der Waals surface area contributed by atoms with Gasteiger partial charge in [-0.15, -0.1) is 0 Å². The smallest absolute Gasteiger partial charge is 0.246 e. The predicted octanol–water partition coefficient (Wildman–Crippen LogP) is 5.95. The van der Waals surface area contributed by atoms with Gasteiger partial charge < -0.3 is 24.0 Å². The SMILES string of the molecule is O=C(/C=C/c1ccc(Cl)cc1)N1CCN(c2ccc(OCC3COC(Cn4cncn4)(c4ccc(Cl)cc4Cl)O3)cc2)CC1. The molecule has 0 saturated carbocycles. The van der Waals surface area contributed by atoms with E-state index in [-0.39, 0.29) is 25.2 Å². The molecule has 6 rings (SSSR count). The summed E-state index contributed by atoms with van der Waals surface area (Å²) in [6.45, 7) is 3.64. The lowest BCUT2D eigenvalue weighted by molar-refractivity contribution is -0.190. The summed E-state index contributed by atoms with van der Waals surface area (Å²) in [4.78, 5) is 20.8. The van der Waals surface area contributed by atoms with Crippen LogP contribution in [0.1, 0.15) is 11.1 Å².